The molecular formula is C26H30N4O3S. The van der Waals surface area contributed by atoms with E-state index in [-0.39, 0.29) is 18.7 Å². The molecule has 1 aliphatic rings. The highest BCUT2D eigenvalue weighted by Crippen LogP contribution is 2.37. The zero-order valence-corrected chi connectivity index (χ0v) is 20.8. The molecule has 0 amide bonds. The summed E-state index contributed by atoms with van der Waals surface area (Å²) in [5.41, 5.74) is 3.06. The lowest BCUT2D eigenvalue weighted by molar-refractivity contribution is -0.140. The Morgan fingerprint density at radius 2 is 1.88 bits per heavy atom. The van der Waals surface area contributed by atoms with Crippen LogP contribution in [0.25, 0.3) is 0 Å². The molecule has 0 bridgehead atoms. The molecule has 0 aliphatic carbocycles. The van der Waals surface area contributed by atoms with Crippen LogP contribution in [0.5, 0.6) is 5.75 Å². The van der Waals surface area contributed by atoms with E-state index in [1.165, 1.54) is 0 Å². The molecule has 8 heteroatoms. The van der Waals surface area contributed by atoms with E-state index in [9.17, 15) is 4.79 Å². The molecule has 1 N–H and O–H groups in total. The largest absolute Gasteiger partial charge is 0.491 e. The number of ether oxygens (including phenoxy) is 2. The van der Waals surface area contributed by atoms with E-state index in [0.717, 1.165) is 29.1 Å². The maximum Gasteiger partial charge on any atom is 0.338 e. The van der Waals surface area contributed by atoms with Gasteiger partial charge in [0.1, 0.15) is 18.4 Å². The number of rotatable bonds is 9. The summed E-state index contributed by atoms with van der Waals surface area (Å²) in [5.74, 6) is 1.93. The summed E-state index contributed by atoms with van der Waals surface area (Å²) in [6.07, 6.45) is 1.10. The van der Waals surface area contributed by atoms with E-state index in [1.54, 1.807) is 16.4 Å². The minimum absolute atomic E-state index is 0.0791. The summed E-state index contributed by atoms with van der Waals surface area (Å²) in [6, 6.07) is 17.0. The van der Waals surface area contributed by atoms with Crippen molar-refractivity contribution in [2.45, 2.75) is 58.0 Å². The first kappa shape index (κ1) is 23.9. The van der Waals surface area contributed by atoms with Crippen LogP contribution >= 0.6 is 11.8 Å². The predicted molar refractivity (Wildman–Crippen MR) is 134 cm³/mol. The van der Waals surface area contributed by atoms with Crippen LogP contribution in [-0.4, -0.2) is 32.6 Å². The van der Waals surface area contributed by atoms with Gasteiger partial charge in [-0.3, -0.25) is 0 Å². The van der Waals surface area contributed by atoms with Gasteiger partial charge in [0.05, 0.1) is 11.7 Å². The van der Waals surface area contributed by atoms with Crippen molar-refractivity contribution in [3.8, 4) is 5.75 Å². The molecule has 2 heterocycles. The van der Waals surface area contributed by atoms with Gasteiger partial charge in [-0.1, -0.05) is 61.2 Å². The summed E-state index contributed by atoms with van der Waals surface area (Å²) in [4.78, 5) is 18.0. The third-order valence-electron chi connectivity index (χ3n) is 5.27. The lowest BCUT2D eigenvalue weighted by Gasteiger charge is -2.28. The molecule has 1 aliphatic heterocycles. The predicted octanol–water partition coefficient (Wildman–Crippen LogP) is 5.60. The Labute approximate surface area is 204 Å². The minimum atomic E-state index is -0.462. The minimum Gasteiger partial charge on any atom is -0.491 e. The van der Waals surface area contributed by atoms with Gasteiger partial charge in [0.25, 0.3) is 0 Å². The zero-order valence-electron chi connectivity index (χ0n) is 19.9. The first-order valence-electron chi connectivity index (χ1n) is 11.5. The number of nitrogens with zero attached hydrogens (tertiary/aromatic N) is 3. The molecule has 1 unspecified atom stereocenters. The quantitative estimate of drug-likeness (QED) is 0.317. The Morgan fingerprint density at radius 1 is 1.15 bits per heavy atom. The number of hydrogen-bond donors (Lipinski definition) is 1. The number of anilines is 1. The van der Waals surface area contributed by atoms with Gasteiger partial charge in [-0.05, 0) is 50.5 Å². The van der Waals surface area contributed by atoms with Gasteiger partial charge in [0.15, 0.2) is 0 Å². The van der Waals surface area contributed by atoms with E-state index in [4.69, 9.17) is 14.6 Å². The first-order valence-corrected chi connectivity index (χ1v) is 12.5. The van der Waals surface area contributed by atoms with Crippen LogP contribution in [0.1, 0.15) is 51.3 Å². The van der Waals surface area contributed by atoms with Crippen molar-refractivity contribution in [3.05, 3.63) is 77.0 Å². The number of fused-ring (bicyclic) bond motifs is 1. The number of nitrogens with one attached hydrogen (secondary N) is 1. The summed E-state index contributed by atoms with van der Waals surface area (Å²) >= 11 is 1.60. The van der Waals surface area contributed by atoms with E-state index >= 15 is 0 Å². The number of aromatic nitrogens is 3. The molecule has 3 aromatic rings. The number of hydrogen-bond acceptors (Lipinski definition) is 7. The van der Waals surface area contributed by atoms with Gasteiger partial charge < -0.3 is 14.8 Å². The Bertz CT molecular complexity index is 1160. The fourth-order valence-electron chi connectivity index (χ4n) is 3.76. The van der Waals surface area contributed by atoms with E-state index in [0.29, 0.717) is 22.4 Å². The van der Waals surface area contributed by atoms with Crippen LogP contribution in [0.2, 0.25) is 0 Å². The summed E-state index contributed by atoms with van der Waals surface area (Å²) in [5, 5.41) is 8.67. The third-order valence-corrected chi connectivity index (χ3v) is 6.31. The van der Waals surface area contributed by atoms with Crippen molar-refractivity contribution in [1.29, 1.82) is 0 Å². The van der Waals surface area contributed by atoms with Gasteiger partial charge in [-0.15, -0.1) is 5.10 Å². The lowest BCUT2D eigenvalue weighted by Crippen LogP contribution is -2.29. The number of carbonyl (C=O) groups is 1. The summed E-state index contributed by atoms with van der Waals surface area (Å²) in [6.45, 7) is 8.18. The molecule has 1 atom stereocenters. The second-order valence-corrected chi connectivity index (χ2v) is 9.44. The molecule has 1 aromatic heterocycles. The third kappa shape index (κ3) is 5.44. The fraction of sp³-hybridized carbons (Fsp3) is 0.346. The highest BCUT2D eigenvalue weighted by Gasteiger charge is 2.35. The fourth-order valence-corrected chi connectivity index (χ4v) is 4.44. The Balaban J connectivity index is 1.67. The monoisotopic (exact) mass is 478 g/mol. The van der Waals surface area contributed by atoms with Gasteiger partial charge in [-0.2, -0.15) is 4.98 Å². The Hall–Kier alpha value is -3.26. The van der Waals surface area contributed by atoms with Crippen LogP contribution in [0.15, 0.2) is 71.0 Å². The van der Waals surface area contributed by atoms with Crippen molar-refractivity contribution in [1.82, 2.24) is 14.8 Å². The molecule has 7 nitrogen and oxygen atoms in total. The van der Waals surface area contributed by atoms with Crippen molar-refractivity contribution >= 4 is 23.7 Å². The van der Waals surface area contributed by atoms with E-state index in [1.807, 2.05) is 75.4 Å². The van der Waals surface area contributed by atoms with Crippen LogP contribution < -0.4 is 10.1 Å². The molecule has 34 heavy (non-hydrogen) atoms. The summed E-state index contributed by atoms with van der Waals surface area (Å²) < 4.78 is 13.3. The lowest BCUT2D eigenvalue weighted by atomic mass is 9.95. The van der Waals surface area contributed by atoms with Crippen LogP contribution in [0.3, 0.4) is 0 Å². The Morgan fingerprint density at radius 3 is 2.56 bits per heavy atom. The molecule has 0 spiro atoms. The average Bonchev–Trinajstić information content (AvgIpc) is 3.23. The summed E-state index contributed by atoms with van der Waals surface area (Å²) in [7, 11) is 0. The maximum atomic E-state index is 13.4. The Kier molecular flexibility index (Phi) is 7.57. The average molecular weight is 479 g/mol. The van der Waals surface area contributed by atoms with Crippen LogP contribution in [-0.2, 0) is 16.1 Å². The van der Waals surface area contributed by atoms with Crippen molar-refractivity contribution in [2.75, 3.05) is 11.1 Å². The number of thioether (sulfide) groups is 1. The molecule has 0 saturated heterocycles. The number of allylic oxidation sites excluding steroid dienone is 1. The topological polar surface area (TPSA) is 78.3 Å². The van der Waals surface area contributed by atoms with Crippen LogP contribution in [0.4, 0.5) is 5.95 Å². The van der Waals surface area contributed by atoms with E-state index < -0.39 is 6.04 Å². The first-order chi connectivity index (χ1) is 16.5. The normalized spacial score (nSPS) is 15.1. The SMILES string of the molecule is CCCSc1nc2n(n1)C(c1ccc(OC(C)C)cc1)C(C(=O)OCc1ccccc1)=C(C)N2. The second kappa shape index (κ2) is 10.8. The van der Waals surface area contributed by atoms with Gasteiger partial charge in [-0.25, -0.2) is 9.48 Å². The molecule has 0 fully saturated rings. The molecular weight excluding hydrogens is 448 g/mol. The standard InChI is InChI=1S/C26H30N4O3S/c1-5-15-34-26-28-25-27-18(4)22(24(31)32-16-19-9-7-6-8-10-19)23(30(25)29-26)20-11-13-21(14-12-20)33-17(2)3/h6-14,17,23H,5,15-16H2,1-4H3,(H,27,28,29). The molecule has 178 valence electrons. The second-order valence-electron chi connectivity index (χ2n) is 8.37. The molecule has 0 radical (unpaired) electrons. The van der Waals surface area contributed by atoms with Crippen molar-refractivity contribution in [2.24, 2.45) is 0 Å². The highest BCUT2D eigenvalue weighted by molar-refractivity contribution is 7.99. The zero-order chi connectivity index (χ0) is 24.1. The van der Waals surface area contributed by atoms with Gasteiger partial charge in [0, 0.05) is 11.4 Å². The van der Waals surface area contributed by atoms with Gasteiger partial charge >= 0.3 is 5.97 Å². The molecule has 0 saturated carbocycles. The number of carbonyl (C=O) groups excluding carboxylic acids is 1. The van der Waals surface area contributed by atoms with Gasteiger partial charge in [0.2, 0.25) is 11.1 Å². The highest BCUT2D eigenvalue weighted by atomic mass is 32.2. The maximum absolute atomic E-state index is 13.4. The number of benzene rings is 2. The van der Waals surface area contributed by atoms with Crippen molar-refractivity contribution < 1.29 is 14.3 Å². The molecule has 2 aromatic carbocycles. The van der Waals surface area contributed by atoms with E-state index in [2.05, 4.69) is 17.2 Å². The van der Waals surface area contributed by atoms with Crippen molar-refractivity contribution in [3.63, 3.8) is 0 Å². The smallest absolute Gasteiger partial charge is 0.338 e. The van der Waals surface area contributed by atoms with Crippen LogP contribution in [0, 0.1) is 0 Å². The molecule has 4 rings (SSSR count). The number of esters is 1.